The number of halogens is 1. The molecule has 14 heteroatoms. The van der Waals surface area contributed by atoms with E-state index in [0.29, 0.717) is 68.5 Å². The number of fused-ring (bicyclic) bond motifs is 1. The lowest BCUT2D eigenvalue weighted by Gasteiger charge is -2.40. The molecule has 3 aliphatic rings. The van der Waals surface area contributed by atoms with Gasteiger partial charge in [0.05, 0.1) is 10.5 Å². The van der Waals surface area contributed by atoms with Crippen molar-refractivity contribution in [2.45, 2.75) is 63.7 Å². The van der Waals surface area contributed by atoms with Gasteiger partial charge < -0.3 is 19.4 Å². The van der Waals surface area contributed by atoms with Crippen molar-refractivity contribution in [1.82, 2.24) is 14.6 Å². The zero-order valence-electron chi connectivity index (χ0n) is 34.8. The number of H-pyrrole nitrogens is 1. The average molecular weight is 866 g/mol. The minimum Gasteiger partial charge on any atom is -0.449 e. The van der Waals surface area contributed by atoms with Crippen molar-refractivity contribution in [3.63, 3.8) is 0 Å². The minimum absolute atomic E-state index is 0.0329. The van der Waals surface area contributed by atoms with Gasteiger partial charge in [-0.25, -0.2) is 13.1 Å². The fourth-order valence-corrected chi connectivity index (χ4v) is 10.4. The summed E-state index contributed by atoms with van der Waals surface area (Å²) < 4.78 is 43.5. The van der Waals surface area contributed by atoms with Crippen LogP contribution in [0.25, 0.3) is 16.5 Å². The molecule has 2 fully saturated rings. The molecule has 61 heavy (non-hydrogen) atoms. The van der Waals surface area contributed by atoms with E-state index in [4.69, 9.17) is 21.1 Å². The quantitative estimate of drug-likeness (QED) is 0.0924. The van der Waals surface area contributed by atoms with E-state index < -0.39 is 37.2 Å². The number of nitro benzene ring substituents is 1. The van der Waals surface area contributed by atoms with Gasteiger partial charge in [0.2, 0.25) is 5.75 Å². The Morgan fingerprint density at radius 1 is 1.02 bits per heavy atom. The van der Waals surface area contributed by atoms with Crippen LogP contribution in [0.1, 0.15) is 80.3 Å². The molecule has 2 N–H and O–H groups in total. The summed E-state index contributed by atoms with van der Waals surface area (Å²) >= 11 is 6.28. The molecule has 320 valence electrons. The molecule has 2 aliphatic heterocycles. The van der Waals surface area contributed by atoms with Gasteiger partial charge in [-0.3, -0.25) is 19.8 Å². The Morgan fingerprint density at radius 2 is 1.74 bits per heavy atom. The first kappa shape index (κ1) is 42.5. The molecule has 1 aromatic heterocycles. The van der Waals surface area contributed by atoms with Crippen molar-refractivity contribution in [3.8, 4) is 11.5 Å². The number of sulfonamides is 1. The number of nitro groups is 1. The topological polar surface area (TPSA) is 147 Å². The summed E-state index contributed by atoms with van der Waals surface area (Å²) in [6.45, 7) is 10.8. The summed E-state index contributed by atoms with van der Waals surface area (Å²) in [7, 11) is -4.76. The van der Waals surface area contributed by atoms with Crippen molar-refractivity contribution in [3.05, 3.63) is 129 Å². The fraction of sp³-hybridized carbons (Fsp3) is 0.383. The first-order valence-electron chi connectivity index (χ1n) is 21.0. The van der Waals surface area contributed by atoms with Crippen LogP contribution < -0.4 is 14.4 Å². The van der Waals surface area contributed by atoms with E-state index in [1.165, 1.54) is 34.9 Å². The van der Waals surface area contributed by atoms with Crippen LogP contribution in [0.4, 0.5) is 11.4 Å². The van der Waals surface area contributed by atoms with Crippen molar-refractivity contribution in [2.24, 2.45) is 11.3 Å². The van der Waals surface area contributed by atoms with E-state index in [1.54, 1.807) is 42.6 Å². The largest absolute Gasteiger partial charge is 0.449 e. The zero-order valence-corrected chi connectivity index (χ0v) is 36.4. The van der Waals surface area contributed by atoms with E-state index in [0.717, 1.165) is 36.7 Å². The number of nitrogens with one attached hydrogen (secondary N) is 2. The van der Waals surface area contributed by atoms with E-state index in [2.05, 4.69) is 45.5 Å². The van der Waals surface area contributed by atoms with Gasteiger partial charge in [0.15, 0.2) is 0 Å². The Labute approximate surface area is 362 Å². The van der Waals surface area contributed by atoms with Crippen LogP contribution in [0.15, 0.2) is 102 Å². The Balaban J connectivity index is 1.20. The molecule has 5 aromatic rings. The number of hydrogen-bond acceptors (Lipinski definition) is 9. The summed E-state index contributed by atoms with van der Waals surface area (Å²) in [5.41, 5.74) is 5.50. The maximum absolute atomic E-state index is 14.6. The number of ether oxygens (including phenoxy) is 2. The summed E-state index contributed by atoms with van der Waals surface area (Å²) in [6.07, 6.45) is 6.19. The Kier molecular flexibility index (Phi) is 12.3. The molecule has 4 aromatic carbocycles. The van der Waals surface area contributed by atoms with Crippen molar-refractivity contribution >= 4 is 55.4 Å². The minimum atomic E-state index is -4.76. The number of hydrogen-bond donors (Lipinski definition) is 2. The van der Waals surface area contributed by atoms with Crippen LogP contribution in [0.3, 0.4) is 0 Å². The first-order chi connectivity index (χ1) is 29.3. The number of rotatable bonds is 12. The molecule has 3 heterocycles. The number of carbonyl (C=O) groups excluding carboxylic acids is 1. The number of anilines is 1. The van der Waals surface area contributed by atoms with Crippen LogP contribution in [0.2, 0.25) is 5.02 Å². The second kappa shape index (κ2) is 17.6. The fourth-order valence-electron chi connectivity index (χ4n) is 9.19. The number of amides is 1. The van der Waals surface area contributed by atoms with Gasteiger partial charge in [-0.1, -0.05) is 68.3 Å². The molecule has 0 spiro atoms. The molecular weight excluding hydrogens is 814 g/mol. The molecule has 1 aliphatic carbocycles. The smallest absolute Gasteiger partial charge is 0.318 e. The highest BCUT2D eigenvalue weighted by Crippen LogP contribution is 2.51. The molecule has 1 atom stereocenters. The molecule has 0 radical (unpaired) electrons. The molecule has 0 bridgehead atoms. The Morgan fingerprint density at radius 3 is 2.44 bits per heavy atom. The summed E-state index contributed by atoms with van der Waals surface area (Å²) in [4.78, 5) is 33.7. The molecule has 0 saturated carbocycles. The Hall–Kier alpha value is -5.21. The molecule has 2 saturated heterocycles. The van der Waals surface area contributed by atoms with Gasteiger partial charge in [0.25, 0.3) is 15.9 Å². The van der Waals surface area contributed by atoms with Gasteiger partial charge in [-0.05, 0) is 115 Å². The number of nitrogens with zero attached hydrogens (tertiary/aromatic N) is 3. The third-order valence-electron chi connectivity index (χ3n) is 12.7. The lowest BCUT2D eigenvalue weighted by molar-refractivity contribution is -0.386. The SMILES string of the molecule is CC(c1c(N2CCN(CC3=C(c4ccc(Cl)cc4)CC(C)(C)CC3)CC2)cc(S(=O)(=O)NC(=O)c2ccccc2)c(Oc2ccc3[nH]ccc3c2)c1[N+](=O)[O-])C1CCOCC1. The van der Waals surface area contributed by atoms with E-state index in [9.17, 15) is 23.3 Å². The highest BCUT2D eigenvalue weighted by molar-refractivity contribution is 7.90. The van der Waals surface area contributed by atoms with E-state index >= 15 is 0 Å². The molecule has 8 rings (SSSR count). The number of piperazine rings is 1. The number of aromatic amines is 1. The van der Waals surface area contributed by atoms with Crippen LogP contribution in [0.5, 0.6) is 11.5 Å². The van der Waals surface area contributed by atoms with Gasteiger partial charge >= 0.3 is 5.69 Å². The monoisotopic (exact) mass is 865 g/mol. The zero-order chi connectivity index (χ0) is 42.9. The molecule has 1 unspecified atom stereocenters. The van der Waals surface area contributed by atoms with Crippen LogP contribution in [0, 0.1) is 21.4 Å². The predicted molar refractivity (Wildman–Crippen MR) is 239 cm³/mol. The summed E-state index contributed by atoms with van der Waals surface area (Å²) in [6, 6.07) is 24.5. The standard InChI is InChI=1S/C47H52ClN5O7S/c1-31(32-17-25-59-26-18-32)43-41(52-23-21-51(22-24-52)30-36-15-19-47(2,3)29-39(36)33-9-11-37(48)12-10-33)28-42(61(57,58)50-46(54)34-7-5-4-6-8-34)45(44(43)53(55)56)60-38-13-14-40-35(27-38)16-20-49-40/h4-14,16,20,27-28,31-32,49H,15,17-19,21-26,29-30H2,1-3H3,(H,50,54). The number of allylic oxidation sites excluding steroid dienone is 1. The second-order valence-electron chi connectivity index (χ2n) is 17.3. The predicted octanol–water partition coefficient (Wildman–Crippen LogP) is 9.96. The van der Waals surface area contributed by atoms with Crippen molar-refractivity contribution in [1.29, 1.82) is 0 Å². The molecule has 12 nitrogen and oxygen atoms in total. The van der Waals surface area contributed by atoms with Crippen molar-refractivity contribution < 1.29 is 27.6 Å². The maximum atomic E-state index is 14.6. The summed E-state index contributed by atoms with van der Waals surface area (Å²) in [5.74, 6) is -1.42. The van der Waals surface area contributed by atoms with Gasteiger partial charge in [0, 0.05) is 79.3 Å². The summed E-state index contributed by atoms with van der Waals surface area (Å²) in [5, 5.41) is 15.1. The van der Waals surface area contributed by atoms with E-state index in [-0.39, 0.29) is 28.6 Å². The maximum Gasteiger partial charge on any atom is 0.318 e. The third-order valence-corrected chi connectivity index (χ3v) is 14.2. The number of carbonyl (C=O) groups is 1. The van der Waals surface area contributed by atoms with Gasteiger partial charge in [0.1, 0.15) is 10.6 Å². The number of aromatic nitrogens is 1. The van der Waals surface area contributed by atoms with Gasteiger partial charge in [-0.15, -0.1) is 0 Å². The first-order valence-corrected chi connectivity index (χ1v) is 22.9. The highest BCUT2D eigenvalue weighted by atomic mass is 35.5. The number of benzene rings is 4. The van der Waals surface area contributed by atoms with E-state index in [1.807, 2.05) is 25.1 Å². The highest BCUT2D eigenvalue weighted by Gasteiger charge is 2.41. The molecule has 1 amide bonds. The Bertz CT molecular complexity index is 2560. The average Bonchev–Trinajstić information content (AvgIpc) is 3.73. The van der Waals surface area contributed by atoms with Crippen LogP contribution in [-0.2, 0) is 14.8 Å². The normalized spacial score (nSPS) is 18.3. The lowest BCUT2D eigenvalue weighted by Crippen LogP contribution is -2.47. The van der Waals surface area contributed by atoms with Crippen LogP contribution >= 0.6 is 11.6 Å². The lowest BCUT2D eigenvalue weighted by atomic mass is 9.72. The second-order valence-corrected chi connectivity index (χ2v) is 19.4. The molecular formula is C47H52ClN5O7S. The van der Waals surface area contributed by atoms with Crippen molar-refractivity contribution in [2.75, 3.05) is 50.8 Å². The van der Waals surface area contributed by atoms with Gasteiger partial charge in [-0.2, -0.15) is 0 Å². The third kappa shape index (κ3) is 9.35. The van der Waals surface area contributed by atoms with Crippen LogP contribution in [-0.4, -0.2) is 75.1 Å².